The lowest BCUT2D eigenvalue weighted by atomic mass is 10.3. The van der Waals surface area contributed by atoms with Gasteiger partial charge in [0, 0.05) is 6.92 Å². The number of rotatable bonds is 5. The van der Waals surface area contributed by atoms with E-state index in [2.05, 4.69) is 15.5 Å². The van der Waals surface area contributed by atoms with Crippen molar-refractivity contribution >= 4 is 5.97 Å². The lowest BCUT2D eigenvalue weighted by Crippen LogP contribution is -2.34. The molecule has 0 bridgehead atoms. The van der Waals surface area contributed by atoms with Crippen molar-refractivity contribution in [2.45, 2.75) is 33.4 Å². The van der Waals surface area contributed by atoms with Crippen molar-refractivity contribution < 1.29 is 13.9 Å². The van der Waals surface area contributed by atoms with E-state index in [0.29, 0.717) is 24.9 Å². The van der Waals surface area contributed by atoms with Crippen LogP contribution in [0.2, 0.25) is 0 Å². The molecule has 0 saturated heterocycles. The molecule has 0 amide bonds. The van der Waals surface area contributed by atoms with Crippen LogP contribution in [0.15, 0.2) is 4.42 Å². The fourth-order valence-corrected chi connectivity index (χ4v) is 1.000. The zero-order valence-corrected chi connectivity index (χ0v) is 9.11. The molecule has 6 nitrogen and oxygen atoms in total. The summed E-state index contributed by atoms with van der Waals surface area (Å²) >= 11 is 0. The fourth-order valence-electron chi connectivity index (χ4n) is 1.000. The van der Waals surface area contributed by atoms with E-state index >= 15 is 0 Å². The van der Waals surface area contributed by atoms with Crippen molar-refractivity contribution in [1.82, 2.24) is 15.5 Å². The van der Waals surface area contributed by atoms with Gasteiger partial charge in [-0.1, -0.05) is 0 Å². The van der Waals surface area contributed by atoms with Crippen molar-refractivity contribution in [3.05, 3.63) is 11.8 Å². The summed E-state index contributed by atoms with van der Waals surface area (Å²) in [4.78, 5) is 11.2. The predicted molar refractivity (Wildman–Crippen MR) is 52.0 cm³/mol. The van der Waals surface area contributed by atoms with Crippen LogP contribution in [-0.2, 0) is 16.1 Å². The quantitative estimate of drug-likeness (QED) is 0.714. The molecule has 1 N–H and O–H groups in total. The smallest absolute Gasteiger partial charge is 0.322 e. The number of nitrogens with one attached hydrogen (secondary N) is 1. The fraction of sp³-hybridized carbons (Fsp3) is 0.667. The monoisotopic (exact) mass is 213 g/mol. The van der Waals surface area contributed by atoms with Crippen molar-refractivity contribution in [3.63, 3.8) is 0 Å². The highest BCUT2D eigenvalue weighted by molar-refractivity contribution is 5.75. The summed E-state index contributed by atoms with van der Waals surface area (Å²) in [6, 6.07) is -0.378. The van der Waals surface area contributed by atoms with E-state index in [-0.39, 0.29) is 12.0 Å². The standard InChI is InChI=1S/C9H15N3O3/c1-4-14-9(13)6(2)10-5-8-12-11-7(3)15-8/h6,10H,4-5H2,1-3H3. The van der Waals surface area contributed by atoms with Gasteiger partial charge in [0.15, 0.2) is 0 Å². The van der Waals surface area contributed by atoms with Gasteiger partial charge in [-0.2, -0.15) is 0 Å². The van der Waals surface area contributed by atoms with Gasteiger partial charge < -0.3 is 9.15 Å². The molecule has 1 unspecified atom stereocenters. The number of hydrogen-bond acceptors (Lipinski definition) is 6. The summed E-state index contributed by atoms with van der Waals surface area (Å²) < 4.78 is 9.97. The van der Waals surface area contributed by atoms with E-state index in [9.17, 15) is 4.79 Å². The Morgan fingerprint density at radius 1 is 1.60 bits per heavy atom. The van der Waals surface area contributed by atoms with Gasteiger partial charge in [-0.15, -0.1) is 10.2 Å². The van der Waals surface area contributed by atoms with Gasteiger partial charge in [0.1, 0.15) is 6.04 Å². The van der Waals surface area contributed by atoms with Gasteiger partial charge in [0.05, 0.1) is 13.2 Å². The third kappa shape index (κ3) is 3.67. The minimum absolute atomic E-state index is 0.284. The van der Waals surface area contributed by atoms with Crippen LogP contribution in [0.3, 0.4) is 0 Å². The first-order chi connectivity index (χ1) is 7.13. The normalized spacial score (nSPS) is 12.5. The number of ether oxygens (including phenoxy) is 1. The molecule has 1 aromatic rings. The van der Waals surface area contributed by atoms with Gasteiger partial charge in [0.25, 0.3) is 0 Å². The summed E-state index contributed by atoms with van der Waals surface area (Å²) in [7, 11) is 0. The summed E-state index contributed by atoms with van der Waals surface area (Å²) in [6.45, 7) is 5.95. The van der Waals surface area contributed by atoms with Gasteiger partial charge in [-0.3, -0.25) is 10.1 Å². The zero-order chi connectivity index (χ0) is 11.3. The number of carbonyl (C=O) groups excluding carboxylic acids is 1. The van der Waals surface area contributed by atoms with Gasteiger partial charge in [-0.05, 0) is 13.8 Å². The maximum Gasteiger partial charge on any atom is 0.322 e. The van der Waals surface area contributed by atoms with E-state index in [0.717, 1.165) is 0 Å². The van der Waals surface area contributed by atoms with Gasteiger partial charge >= 0.3 is 5.97 Å². The minimum atomic E-state index is -0.378. The molecule has 0 aliphatic carbocycles. The van der Waals surface area contributed by atoms with E-state index in [1.54, 1.807) is 20.8 Å². The van der Waals surface area contributed by atoms with Gasteiger partial charge in [0.2, 0.25) is 11.8 Å². The SMILES string of the molecule is CCOC(=O)C(C)NCc1nnc(C)o1. The molecule has 0 aromatic carbocycles. The van der Waals surface area contributed by atoms with Crippen molar-refractivity contribution in [3.8, 4) is 0 Å². The average Bonchev–Trinajstić information content (AvgIpc) is 2.61. The molecule has 0 spiro atoms. The number of aryl methyl sites for hydroxylation is 1. The molecule has 84 valence electrons. The lowest BCUT2D eigenvalue weighted by molar-refractivity contribution is -0.145. The molecule has 1 atom stereocenters. The first-order valence-electron chi connectivity index (χ1n) is 4.82. The highest BCUT2D eigenvalue weighted by Gasteiger charge is 2.14. The first-order valence-corrected chi connectivity index (χ1v) is 4.82. The molecule has 0 aliphatic rings. The molecule has 15 heavy (non-hydrogen) atoms. The second kappa shape index (κ2) is 5.45. The number of nitrogens with zero attached hydrogens (tertiary/aromatic N) is 2. The Morgan fingerprint density at radius 2 is 2.33 bits per heavy atom. The van der Waals surface area contributed by atoms with Crippen LogP contribution in [0, 0.1) is 6.92 Å². The third-order valence-electron chi connectivity index (χ3n) is 1.77. The van der Waals surface area contributed by atoms with Crippen molar-refractivity contribution in [2.24, 2.45) is 0 Å². The van der Waals surface area contributed by atoms with Crippen LogP contribution in [0.4, 0.5) is 0 Å². The van der Waals surface area contributed by atoms with Crippen LogP contribution in [0.25, 0.3) is 0 Å². The van der Waals surface area contributed by atoms with Crippen LogP contribution in [0.1, 0.15) is 25.6 Å². The average molecular weight is 213 g/mol. The van der Waals surface area contributed by atoms with Crippen LogP contribution in [0.5, 0.6) is 0 Å². The Kier molecular flexibility index (Phi) is 4.23. The molecule has 1 rings (SSSR count). The Balaban J connectivity index is 2.33. The lowest BCUT2D eigenvalue weighted by Gasteiger charge is -2.10. The molecule has 0 saturated carbocycles. The van der Waals surface area contributed by atoms with E-state index in [4.69, 9.17) is 9.15 Å². The second-order valence-corrected chi connectivity index (χ2v) is 3.07. The Labute approximate surface area is 88.0 Å². The molecule has 6 heteroatoms. The molecule has 1 aromatic heterocycles. The first kappa shape index (κ1) is 11.6. The zero-order valence-electron chi connectivity index (χ0n) is 9.11. The predicted octanol–water partition coefficient (Wildman–Crippen LogP) is 0.419. The van der Waals surface area contributed by atoms with Crippen LogP contribution < -0.4 is 5.32 Å². The molecule has 0 aliphatic heterocycles. The summed E-state index contributed by atoms with van der Waals surface area (Å²) in [5.41, 5.74) is 0. The number of aromatic nitrogens is 2. The highest BCUT2D eigenvalue weighted by atomic mass is 16.5. The molecule has 1 heterocycles. The summed E-state index contributed by atoms with van der Waals surface area (Å²) in [6.07, 6.45) is 0. The van der Waals surface area contributed by atoms with Crippen LogP contribution >= 0.6 is 0 Å². The largest absolute Gasteiger partial charge is 0.465 e. The highest BCUT2D eigenvalue weighted by Crippen LogP contribution is 1.98. The molecular formula is C9H15N3O3. The number of carbonyl (C=O) groups is 1. The van der Waals surface area contributed by atoms with E-state index in [1.807, 2.05) is 0 Å². The number of esters is 1. The summed E-state index contributed by atoms with van der Waals surface area (Å²) in [5, 5.41) is 10.4. The Bertz CT molecular complexity index is 324. The van der Waals surface area contributed by atoms with Crippen LogP contribution in [-0.4, -0.2) is 28.8 Å². The Hall–Kier alpha value is -1.43. The molecule has 0 radical (unpaired) electrons. The van der Waals surface area contributed by atoms with E-state index in [1.165, 1.54) is 0 Å². The Morgan fingerprint density at radius 3 is 2.87 bits per heavy atom. The third-order valence-corrected chi connectivity index (χ3v) is 1.77. The second-order valence-electron chi connectivity index (χ2n) is 3.07. The maximum absolute atomic E-state index is 11.2. The minimum Gasteiger partial charge on any atom is -0.465 e. The maximum atomic E-state index is 11.2. The topological polar surface area (TPSA) is 77.2 Å². The van der Waals surface area contributed by atoms with Crippen molar-refractivity contribution in [2.75, 3.05) is 6.61 Å². The molecule has 0 fully saturated rings. The van der Waals surface area contributed by atoms with Gasteiger partial charge in [-0.25, -0.2) is 0 Å². The molecular weight excluding hydrogens is 198 g/mol. The van der Waals surface area contributed by atoms with Crippen molar-refractivity contribution in [1.29, 1.82) is 0 Å². The summed E-state index contributed by atoms with van der Waals surface area (Å²) in [5.74, 6) is 0.688. The number of hydrogen-bond donors (Lipinski definition) is 1. The van der Waals surface area contributed by atoms with E-state index < -0.39 is 0 Å².